The lowest BCUT2D eigenvalue weighted by Crippen LogP contribution is -2.32. The minimum Gasteiger partial charge on any atom is -0.320 e. The van der Waals surface area contributed by atoms with Gasteiger partial charge in [0.1, 0.15) is 18.2 Å². The highest BCUT2D eigenvalue weighted by Crippen LogP contribution is 2.28. The Hall–Kier alpha value is -2.98. The van der Waals surface area contributed by atoms with Crippen LogP contribution in [0.5, 0.6) is 0 Å². The Kier molecular flexibility index (Phi) is 8.31. The zero-order valence-corrected chi connectivity index (χ0v) is 18.0. The number of para-hydroxylation sites is 1. The molecular weight excluding hydrogens is 426 g/mol. The Balaban J connectivity index is 0.00000155. The number of hydrogen-bond acceptors (Lipinski definition) is 6. The summed E-state index contributed by atoms with van der Waals surface area (Å²) in [7, 11) is -1.97. The van der Waals surface area contributed by atoms with Gasteiger partial charge in [0, 0.05) is 12.1 Å². The van der Waals surface area contributed by atoms with Crippen LogP contribution in [0.15, 0.2) is 76.9 Å². The molecule has 0 aliphatic heterocycles. The number of rotatable bonds is 6. The molecule has 158 valence electrons. The fraction of sp³-hybridized carbons (Fsp3) is 0.100. The van der Waals surface area contributed by atoms with E-state index in [2.05, 4.69) is 21.1 Å². The van der Waals surface area contributed by atoms with Gasteiger partial charge in [-0.2, -0.15) is 5.10 Å². The van der Waals surface area contributed by atoms with Gasteiger partial charge in [0.25, 0.3) is 10.0 Å². The predicted octanol–water partition coefficient (Wildman–Crippen LogP) is 3.05. The maximum absolute atomic E-state index is 12.9. The minimum atomic E-state index is -3.87. The minimum absolute atomic E-state index is 0.0852. The molecular formula is C20H23ClN5O3S+. The van der Waals surface area contributed by atoms with Crippen LogP contribution in [0.4, 0.5) is 11.4 Å². The Morgan fingerprint density at radius 3 is 2.47 bits per heavy atom. The highest BCUT2D eigenvalue weighted by Gasteiger charge is 2.20. The van der Waals surface area contributed by atoms with E-state index in [0.29, 0.717) is 16.4 Å². The third-order valence-corrected chi connectivity index (χ3v) is 5.76. The summed E-state index contributed by atoms with van der Waals surface area (Å²) in [5, 5.41) is 11.0. The van der Waals surface area contributed by atoms with Crippen molar-refractivity contribution in [2.45, 2.75) is 11.8 Å². The first-order valence-electron chi connectivity index (χ1n) is 8.74. The summed E-state index contributed by atoms with van der Waals surface area (Å²) in [5.74, 6) is 3.50. The van der Waals surface area contributed by atoms with E-state index in [4.69, 9.17) is 16.8 Å². The fourth-order valence-corrected chi connectivity index (χ4v) is 4.09. The first-order chi connectivity index (χ1) is 14.4. The lowest BCUT2D eigenvalue weighted by molar-refractivity contribution is -0.672. The Morgan fingerprint density at radius 2 is 1.77 bits per heavy atom. The number of nitrogens with two attached hydrogens (primary N) is 1. The molecule has 2 aromatic carbocycles. The standard InChI is InChI=1S/C20H19ClN4O2S.H3NO/c1-15-10-11-19(23-22-14-16-7-5-6-12-25(16)2)20(13-15)28(26,27)24-18-9-4-3-8-17(18)21;1-2/h3-14,24H,1-2H3;2H,1H2/p+1. The molecule has 0 fully saturated rings. The molecule has 10 heteroatoms. The molecule has 0 radical (unpaired) electrons. The first kappa shape index (κ1) is 23.3. The predicted molar refractivity (Wildman–Crippen MR) is 118 cm³/mol. The molecule has 1 heterocycles. The van der Waals surface area contributed by atoms with Crippen LogP contribution >= 0.6 is 11.6 Å². The number of aryl methyl sites for hydroxylation is 2. The van der Waals surface area contributed by atoms with Crippen LogP contribution in [0.3, 0.4) is 0 Å². The van der Waals surface area contributed by atoms with Crippen molar-refractivity contribution in [1.29, 1.82) is 0 Å². The van der Waals surface area contributed by atoms with Gasteiger partial charge in [0.15, 0.2) is 6.20 Å². The highest BCUT2D eigenvalue weighted by molar-refractivity contribution is 7.93. The second-order valence-electron chi connectivity index (χ2n) is 6.19. The molecule has 5 N–H and O–H groups in total. The number of nitrogens with one attached hydrogen (secondary N) is 2. The largest absolute Gasteiger partial charge is 0.320 e. The van der Waals surface area contributed by atoms with Gasteiger partial charge in [0.05, 0.1) is 16.4 Å². The molecule has 0 bridgehead atoms. The van der Waals surface area contributed by atoms with Crippen molar-refractivity contribution in [2.75, 3.05) is 10.1 Å². The molecule has 0 aliphatic rings. The zero-order chi connectivity index (χ0) is 22.1. The van der Waals surface area contributed by atoms with Crippen LogP contribution in [0.2, 0.25) is 5.02 Å². The zero-order valence-electron chi connectivity index (χ0n) is 16.4. The summed E-state index contributed by atoms with van der Waals surface area (Å²) in [6.07, 6.45) is 3.52. The molecule has 1 aromatic heterocycles. The van der Waals surface area contributed by atoms with Gasteiger partial charge in [-0.25, -0.2) is 18.9 Å². The monoisotopic (exact) mass is 448 g/mol. The van der Waals surface area contributed by atoms with Crippen molar-refractivity contribution < 1.29 is 18.2 Å². The number of hydrogen-bond donors (Lipinski definition) is 4. The van der Waals surface area contributed by atoms with E-state index in [1.807, 2.05) is 49.0 Å². The number of pyridine rings is 1. The molecule has 30 heavy (non-hydrogen) atoms. The van der Waals surface area contributed by atoms with Gasteiger partial charge in [-0.15, -0.1) is 0 Å². The number of nitrogens with zero attached hydrogens (tertiary/aromatic N) is 2. The summed E-state index contributed by atoms with van der Waals surface area (Å²) in [6.45, 7) is 1.82. The normalized spacial score (nSPS) is 11.0. The van der Waals surface area contributed by atoms with Crippen molar-refractivity contribution in [3.8, 4) is 0 Å². The first-order valence-corrected chi connectivity index (χ1v) is 10.6. The van der Waals surface area contributed by atoms with Crippen LogP contribution in [-0.4, -0.2) is 19.8 Å². The van der Waals surface area contributed by atoms with Crippen molar-refractivity contribution in [3.05, 3.63) is 83.1 Å². The van der Waals surface area contributed by atoms with E-state index >= 15 is 0 Å². The van der Waals surface area contributed by atoms with Crippen molar-refractivity contribution in [3.63, 3.8) is 0 Å². The van der Waals surface area contributed by atoms with Gasteiger partial charge in [0.2, 0.25) is 5.69 Å². The molecule has 3 aromatic rings. The average Bonchev–Trinajstić information content (AvgIpc) is 2.73. The number of aromatic nitrogens is 1. The van der Waals surface area contributed by atoms with Gasteiger partial charge in [-0.3, -0.25) is 10.1 Å². The third kappa shape index (κ3) is 6.01. The van der Waals surface area contributed by atoms with E-state index in [1.54, 1.807) is 42.6 Å². The molecule has 0 atom stereocenters. The van der Waals surface area contributed by atoms with Crippen LogP contribution in [0.25, 0.3) is 0 Å². The Morgan fingerprint density at radius 1 is 1.07 bits per heavy atom. The van der Waals surface area contributed by atoms with Gasteiger partial charge in [-0.1, -0.05) is 29.8 Å². The molecule has 0 amide bonds. The van der Waals surface area contributed by atoms with Crippen LogP contribution in [-0.2, 0) is 17.1 Å². The van der Waals surface area contributed by atoms with Crippen LogP contribution in [0, 0.1) is 6.92 Å². The average molecular weight is 449 g/mol. The fourth-order valence-electron chi connectivity index (χ4n) is 2.53. The third-order valence-electron chi connectivity index (χ3n) is 4.02. The number of halogens is 1. The maximum atomic E-state index is 12.9. The van der Waals surface area contributed by atoms with Crippen LogP contribution in [0.1, 0.15) is 11.3 Å². The lowest BCUT2D eigenvalue weighted by Gasteiger charge is -2.13. The number of benzene rings is 2. The van der Waals surface area contributed by atoms with E-state index in [9.17, 15) is 8.42 Å². The summed E-state index contributed by atoms with van der Waals surface area (Å²) in [4.78, 5) is 0.0852. The van der Waals surface area contributed by atoms with E-state index in [-0.39, 0.29) is 4.90 Å². The summed E-state index contributed by atoms with van der Waals surface area (Å²) < 4.78 is 30.3. The van der Waals surface area contributed by atoms with Gasteiger partial charge in [-0.05, 0) is 42.8 Å². The second kappa shape index (κ2) is 10.7. The molecule has 8 nitrogen and oxygen atoms in total. The van der Waals surface area contributed by atoms with Crippen LogP contribution < -0.4 is 20.6 Å². The quantitative estimate of drug-likeness (QED) is 0.262. The van der Waals surface area contributed by atoms with E-state index in [0.717, 1.165) is 11.3 Å². The molecule has 3 rings (SSSR count). The van der Waals surface area contributed by atoms with Crippen molar-refractivity contribution >= 4 is 39.2 Å². The summed E-state index contributed by atoms with van der Waals surface area (Å²) in [6, 6.07) is 17.5. The van der Waals surface area contributed by atoms with Crippen molar-refractivity contribution in [1.82, 2.24) is 0 Å². The topological polar surface area (TPSA) is 121 Å². The Bertz CT molecular complexity index is 1140. The molecule has 0 saturated heterocycles. The second-order valence-corrected chi connectivity index (χ2v) is 8.25. The van der Waals surface area contributed by atoms with E-state index < -0.39 is 10.0 Å². The van der Waals surface area contributed by atoms with Gasteiger partial charge >= 0.3 is 0 Å². The van der Waals surface area contributed by atoms with E-state index in [1.165, 1.54) is 0 Å². The molecule has 0 spiro atoms. The summed E-state index contributed by atoms with van der Waals surface area (Å²) in [5.41, 5.74) is 5.17. The lowest BCUT2D eigenvalue weighted by atomic mass is 10.2. The number of sulfonamides is 1. The smallest absolute Gasteiger partial charge is 0.264 e. The summed E-state index contributed by atoms with van der Waals surface area (Å²) >= 11 is 6.09. The molecule has 0 unspecified atom stereocenters. The Labute approximate surface area is 180 Å². The molecule has 0 aliphatic carbocycles. The number of hydrazone groups is 1. The highest BCUT2D eigenvalue weighted by atomic mass is 35.5. The maximum Gasteiger partial charge on any atom is 0.264 e. The van der Waals surface area contributed by atoms with Gasteiger partial charge < -0.3 is 5.21 Å². The number of anilines is 2. The van der Waals surface area contributed by atoms with Crippen molar-refractivity contribution in [2.24, 2.45) is 18.0 Å². The SMILES string of the molecule is Cc1ccc(N/N=C/c2cccc[n+]2C)c(S(=O)(=O)Nc2ccccc2Cl)c1.NO. The molecule has 0 saturated carbocycles.